The van der Waals surface area contributed by atoms with E-state index in [2.05, 4.69) is 52.2 Å². The smallest absolute Gasteiger partial charge is 0.00416 e. The molecule has 0 N–H and O–H groups in total. The van der Waals surface area contributed by atoms with Gasteiger partial charge in [-0.25, -0.2) is 0 Å². The zero-order valence-electron chi connectivity index (χ0n) is 15.4. The van der Waals surface area contributed by atoms with E-state index in [9.17, 15) is 0 Å². The second kappa shape index (κ2) is 6.46. The lowest BCUT2D eigenvalue weighted by Crippen LogP contribution is -2.37. The van der Waals surface area contributed by atoms with Crippen LogP contribution in [0, 0.1) is 29.1 Å². The van der Waals surface area contributed by atoms with Crippen LogP contribution in [0.1, 0.15) is 65.7 Å². The summed E-state index contributed by atoms with van der Waals surface area (Å²) in [6, 6.07) is 0. The van der Waals surface area contributed by atoms with Gasteiger partial charge < -0.3 is 0 Å². The summed E-state index contributed by atoms with van der Waals surface area (Å²) in [7, 11) is 0. The molecule has 0 heteroatoms. The Morgan fingerprint density at radius 2 is 2.17 bits per heavy atom. The third kappa shape index (κ3) is 3.28. The van der Waals surface area contributed by atoms with Crippen LogP contribution in [-0.4, -0.2) is 0 Å². The van der Waals surface area contributed by atoms with Crippen LogP contribution < -0.4 is 0 Å². The molecule has 0 radical (unpaired) electrons. The highest BCUT2D eigenvalue weighted by molar-refractivity contribution is 5.30. The van der Waals surface area contributed by atoms with Crippen molar-refractivity contribution in [3.63, 3.8) is 0 Å². The fourth-order valence-corrected chi connectivity index (χ4v) is 5.37. The Hall–Kier alpha value is -1.04. The van der Waals surface area contributed by atoms with E-state index in [0.717, 1.165) is 18.3 Å². The minimum atomic E-state index is 0.533. The molecule has 0 saturated heterocycles. The van der Waals surface area contributed by atoms with E-state index in [1.807, 2.05) is 0 Å². The fraction of sp³-hybridized carbons (Fsp3) is 0.652. The first-order valence-corrected chi connectivity index (χ1v) is 9.62. The molecule has 3 unspecified atom stereocenters. The lowest BCUT2D eigenvalue weighted by Gasteiger charge is -2.45. The molecule has 0 heterocycles. The highest BCUT2D eigenvalue weighted by atomic mass is 14.5. The number of hydrogen-bond donors (Lipinski definition) is 0. The summed E-state index contributed by atoms with van der Waals surface area (Å²) in [6.07, 6.45) is 16.7. The molecule has 0 bridgehead atoms. The van der Waals surface area contributed by atoms with Gasteiger partial charge in [0.05, 0.1) is 0 Å². The largest absolute Gasteiger partial charge is 0.0999 e. The monoisotopic (exact) mass is 310 g/mol. The highest BCUT2D eigenvalue weighted by Crippen LogP contribution is 2.58. The maximum atomic E-state index is 4.40. The molecule has 0 amide bonds. The van der Waals surface area contributed by atoms with Crippen LogP contribution in [0.2, 0.25) is 0 Å². The first kappa shape index (κ1) is 16.8. The SMILES string of the molecule is C=C1CCC(CC2C=CC(C[C@H](C)C(=C)C)=C2)[C@@]2(C)CCCC12. The quantitative estimate of drug-likeness (QED) is 0.486. The molecule has 126 valence electrons. The Morgan fingerprint density at radius 3 is 2.91 bits per heavy atom. The third-order valence-corrected chi connectivity index (χ3v) is 7.17. The van der Waals surface area contributed by atoms with Crippen LogP contribution in [0.15, 0.2) is 48.1 Å². The molecule has 5 atom stereocenters. The van der Waals surface area contributed by atoms with Crippen molar-refractivity contribution in [1.29, 1.82) is 0 Å². The Kier molecular flexibility index (Phi) is 4.72. The van der Waals surface area contributed by atoms with Crippen molar-refractivity contribution in [3.05, 3.63) is 48.1 Å². The zero-order valence-corrected chi connectivity index (χ0v) is 15.4. The molecule has 0 aromatic rings. The Balaban J connectivity index is 1.64. The van der Waals surface area contributed by atoms with Crippen molar-refractivity contribution in [2.45, 2.75) is 65.7 Å². The molecule has 0 spiro atoms. The van der Waals surface area contributed by atoms with Gasteiger partial charge in [-0.05, 0) is 74.5 Å². The second-order valence-electron chi connectivity index (χ2n) is 8.80. The fourth-order valence-electron chi connectivity index (χ4n) is 5.37. The van der Waals surface area contributed by atoms with E-state index in [0.29, 0.717) is 17.3 Å². The van der Waals surface area contributed by atoms with E-state index < -0.39 is 0 Å². The van der Waals surface area contributed by atoms with E-state index >= 15 is 0 Å². The molecule has 0 nitrogen and oxygen atoms in total. The normalized spacial score (nSPS) is 37.6. The Labute approximate surface area is 143 Å². The molecule has 3 aliphatic rings. The average Bonchev–Trinajstić information content (AvgIpc) is 3.09. The van der Waals surface area contributed by atoms with Crippen molar-refractivity contribution < 1.29 is 0 Å². The van der Waals surface area contributed by atoms with Crippen LogP contribution in [0.25, 0.3) is 0 Å². The summed E-state index contributed by atoms with van der Waals surface area (Å²) in [5.41, 5.74) is 4.91. The summed E-state index contributed by atoms with van der Waals surface area (Å²) < 4.78 is 0. The maximum Gasteiger partial charge on any atom is -0.00416 e. The van der Waals surface area contributed by atoms with Crippen LogP contribution in [0.4, 0.5) is 0 Å². The van der Waals surface area contributed by atoms with Gasteiger partial charge >= 0.3 is 0 Å². The van der Waals surface area contributed by atoms with Gasteiger partial charge in [0.1, 0.15) is 0 Å². The van der Waals surface area contributed by atoms with Gasteiger partial charge in [-0.3, -0.25) is 0 Å². The van der Waals surface area contributed by atoms with Gasteiger partial charge in [0.2, 0.25) is 0 Å². The summed E-state index contributed by atoms with van der Waals surface area (Å²) in [4.78, 5) is 0. The molecule has 0 aromatic carbocycles. The summed E-state index contributed by atoms with van der Waals surface area (Å²) in [5.74, 6) is 2.94. The maximum absolute atomic E-state index is 4.40. The predicted molar refractivity (Wildman–Crippen MR) is 101 cm³/mol. The van der Waals surface area contributed by atoms with E-state index in [1.54, 1.807) is 5.57 Å². The minimum absolute atomic E-state index is 0.533. The zero-order chi connectivity index (χ0) is 16.6. The van der Waals surface area contributed by atoms with Gasteiger partial charge in [0.25, 0.3) is 0 Å². The second-order valence-corrected chi connectivity index (χ2v) is 8.80. The first-order chi connectivity index (χ1) is 10.9. The predicted octanol–water partition coefficient (Wildman–Crippen LogP) is 6.86. The minimum Gasteiger partial charge on any atom is -0.0999 e. The van der Waals surface area contributed by atoms with Gasteiger partial charge in [-0.15, -0.1) is 0 Å². The number of allylic oxidation sites excluding steroid dienone is 6. The van der Waals surface area contributed by atoms with Crippen molar-refractivity contribution >= 4 is 0 Å². The molecule has 3 aliphatic carbocycles. The van der Waals surface area contributed by atoms with Crippen LogP contribution >= 0.6 is 0 Å². The van der Waals surface area contributed by atoms with E-state index in [1.165, 1.54) is 49.7 Å². The van der Waals surface area contributed by atoms with E-state index in [-0.39, 0.29) is 0 Å². The van der Waals surface area contributed by atoms with Crippen molar-refractivity contribution in [3.8, 4) is 0 Å². The van der Waals surface area contributed by atoms with Gasteiger partial charge in [-0.1, -0.05) is 68.4 Å². The summed E-state index contributed by atoms with van der Waals surface area (Å²) in [5, 5.41) is 0. The average molecular weight is 311 g/mol. The van der Waals surface area contributed by atoms with Crippen LogP contribution in [-0.2, 0) is 0 Å². The third-order valence-electron chi connectivity index (χ3n) is 7.17. The molecule has 0 aliphatic heterocycles. The van der Waals surface area contributed by atoms with Crippen LogP contribution in [0.3, 0.4) is 0 Å². The van der Waals surface area contributed by atoms with Gasteiger partial charge in [0, 0.05) is 0 Å². The molecule has 0 aromatic heterocycles. The number of rotatable bonds is 5. The Bertz CT molecular complexity index is 546. The first-order valence-electron chi connectivity index (χ1n) is 9.62. The molecule has 23 heavy (non-hydrogen) atoms. The summed E-state index contributed by atoms with van der Waals surface area (Å²) >= 11 is 0. The van der Waals surface area contributed by atoms with Crippen molar-refractivity contribution in [2.75, 3.05) is 0 Å². The summed E-state index contributed by atoms with van der Waals surface area (Å²) in [6.45, 7) is 15.5. The lowest BCUT2D eigenvalue weighted by molar-refractivity contribution is 0.0934. The van der Waals surface area contributed by atoms with Gasteiger partial charge in [-0.2, -0.15) is 0 Å². The topological polar surface area (TPSA) is 0 Å². The molecule has 3 rings (SSSR count). The Morgan fingerprint density at radius 1 is 1.39 bits per heavy atom. The highest BCUT2D eigenvalue weighted by Gasteiger charge is 2.48. The molecule has 2 saturated carbocycles. The van der Waals surface area contributed by atoms with E-state index in [4.69, 9.17) is 0 Å². The lowest BCUT2D eigenvalue weighted by atomic mass is 9.59. The van der Waals surface area contributed by atoms with Gasteiger partial charge in [0.15, 0.2) is 0 Å². The van der Waals surface area contributed by atoms with Crippen LogP contribution in [0.5, 0.6) is 0 Å². The molecular weight excluding hydrogens is 276 g/mol. The number of hydrogen-bond acceptors (Lipinski definition) is 0. The van der Waals surface area contributed by atoms with Crippen molar-refractivity contribution in [2.24, 2.45) is 29.1 Å². The van der Waals surface area contributed by atoms with Crippen molar-refractivity contribution in [1.82, 2.24) is 0 Å². The molecule has 2 fully saturated rings. The molecular formula is C23H34. The number of fused-ring (bicyclic) bond motifs is 1. The standard InChI is InChI=1S/C23H34/c1-16(2)18(4)13-19-9-10-20(14-19)15-21-11-8-17(3)22-7-6-12-23(21,22)5/h9-10,14,18,20-22H,1,3,6-8,11-13,15H2,2,4-5H3/t18-,20?,21?,22?,23+/m0/s1.